The van der Waals surface area contributed by atoms with E-state index < -0.39 is 0 Å². The fraction of sp³-hybridized carbons (Fsp3) is 0.500. The van der Waals surface area contributed by atoms with Crippen molar-refractivity contribution in [1.82, 2.24) is 4.98 Å². The number of ether oxygens (including phenoxy) is 1. The zero-order chi connectivity index (χ0) is 9.26. The van der Waals surface area contributed by atoms with Gasteiger partial charge >= 0.3 is 0 Å². The van der Waals surface area contributed by atoms with Gasteiger partial charge < -0.3 is 4.74 Å². The summed E-state index contributed by atoms with van der Waals surface area (Å²) in [6.45, 7) is 0. The minimum absolute atomic E-state index is 0.686. The molecule has 1 heterocycles. The molecule has 2 nitrogen and oxygen atoms in total. The third kappa shape index (κ3) is 1.68. The van der Waals surface area contributed by atoms with Crippen LogP contribution in [0.25, 0.3) is 0 Å². The van der Waals surface area contributed by atoms with Gasteiger partial charge in [0, 0.05) is 17.5 Å². The number of pyridine rings is 1. The lowest BCUT2D eigenvalue weighted by atomic mass is 9.95. The van der Waals surface area contributed by atoms with Crippen LogP contribution in [0, 0.1) is 0 Å². The number of aromatic nitrogens is 1. The molecule has 2 atom stereocenters. The number of fused-ring (bicyclic) bond motifs is 1. The second-order valence-corrected chi connectivity index (χ2v) is 4.38. The van der Waals surface area contributed by atoms with Crippen molar-refractivity contribution in [2.75, 3.05) is 7.11 Å². The largest absolute Gasteiger partial charge is 0.496 e. The number of hydrogen-bond donors (Lipinski definition) is 0. The van der Waals surface area contributed by atoms with Crippen LogP contribution in [0.4, 0.5) is 0 Å². The molecule has 0 spiro atoms. The monoisotopic (exact) mass is 195 g/mol. The molecule has 0 N–H and O–H groups in total. The maximum atomic E-state index is 5.31. The molecule has 3 heteroatoms. The van der Waals surface area contributed by atoms with Crippen molar-refractivity contribution < 1.29 is 4.74 Å². The number of rotatable bonds is 1. The van der Waals surface area contributed by atoms with E-state index in [0.717, 1.165) is 18.6 Å². The van der Waals surface area contributed by atoms with Crippen LogP contribution in [0.2, 0.25) is 0 Å². The first-order valence-electron chi connectivity index (χ1n) is 4.57. The van der Waals surface area contributed by atoms with Crippen LogP contribution < -0.4 is 4.74 Å². The standard InChI is InChI=1S/C10H14NOP/c1-12-10-4-5-11-9-3-2-7(13)6-8(9)10/h4-5,7H,2-3,6,13H2,1H3. The Kier molecular flexibility index (Phi) is 2.50. The molecule has 1 aromatic heterocycles. The van der Waals surface area contributed by atoms with Crippen LogP contribution in [0.5, 0.6) is 5.75 Å². The number of methoxy groups -OCH3 is 1. The smallest absolute Gasteiger partial charge is 0.125 e. The molecule has 0 amide bonds. The molecule has 2 unspecified atom stereocenters. The van der Waals surface area contributed by atoms with Crippen LogP contribution in [-0.4, -0.2) is 17.8 Å². The van der Waals surface area contributed by atoms with Gasteiger partial charge in [-0.3, -0.25) is 4.98 Å². The van der Waals surface area contributed by atoms with Crippen molar-refractivity contribution in [2.45, 2.75) is 24.9 Å². The Hall–Kier alpha value is -0.620. The Morgan fingerprint density at radius 1 is 1.62 bits per heavy atom. The summed E-state index contributed by atoms with van der Waals surface area (Å²) in [6.07, 6.45) is 5.22. The number of aryl methyl sites for hydroxylation is 1. The lowest BCUT2D eigenvalue weighted by molar-refractivity contribution is 0.405. The zero-order valence-corrected chi connectivity index (χ0v) is 8.94. The maximum Gasteiger partial charge on any atom is 0.125 e. The van der Waals surface area contributed by atoms with E-state index in [-0.39, 0.29) is 0 Å². The van der Waals surface area contributed by atoms with E-state index in [9.17, 15) is 0 Å². The Bertz CT molecular complexity index is 300. The van der Waals surface area contributed by atoms with Crippen molar-refractivity contribution in [3.63, 3.8) is 0 Å². The van der Waals surface area contributed by atoms with E-state index in [1.807, 2.05) is 12.3 Å². The van der Waals surface area contributed by atoms with Crippen LogP contribution in [0.15, 0.2) is 12.3 Å². The third-order valence-corrected chi connectivity index (χ3v) is 3.11. The van der Waals surface area contributed by atoms with Gasteiger partial charge in [0.15, 0.2) is 0 Å². The normalized spacial score (nSPS) is 20.9. The first-order chi connectivity index (χ1) is 6.31. The van der Waals surface area contributed by atoms with Gasteiger partial charge in [0.1, 0.15) is 5.75 Å². The summed E-state index contributed by atoms with van der Waals surface area (Å²) in [7, 11) is 4.61. The molecule has 0 aromatic carbocycles. The minimum Gasteiger partial charge on any atom is -0.496 e. The van der Waals surface area contributed by atoms with Gasteiger partial charge in [0.2, 0.25) is 0 Å². The predicted molar refractivity (Wildman–Crippen MR) is 56.3 cm³/mol. The van der Waals surface area contributed by atoms with E-state index in [1.54, 1.807) is 7.11 Å². The molecular formula is C10H14NOP. The second-order valence-electron chi connectivity index (χ2n) is 3.44. The molecule has 1 aromatic rings. The van der Waals surface area contributed by atoms with E-state index in [2.05, 4.69) is 14.2 Å². The SMILES string of the molecule is COc1ccnc2c1CC(P)CC2. The highest BCUT2D eigenvalue weighted by Gasteiger charge is 2.19. The van der Waals surface area contributed by atoms with Gasteiger partial charge in [0.25, 0.3) is 0 Å². The highest BCUT2D eigenvalue weighted by atomic mass is 31.0. The van der Waals surface area contributed by atoms with Crippen LogP contribution in [0.1, 0.15) is 17.7 Å². The zero-order valence-electron chi connectivity index (χ0n) is 7.79. The van der Waals surface area contributed by atoms with Gasteiger partial charge in [-0.2, -0.15) is 0 Å². The topological polar surface area (TPSA) is 22.1 Å². The second kappa shape index (κ2) is 3.63. The number of nitrogens with zero attached hydrogens (tertiary/aromatic N) is 1. The van der Waals surface area contributed by atoms with Crippen molar-refractivity contribution >= 4 is 9.24 Å². The summed E-state index contributed by atoms with van der Waals surface area (Å²) >= 11 is 0. The molecule has 0 radical (unpaired) electrons. The Morgan fingerprint density at radius 2 is 2.46 bits per heavy atom. The molecule has 0 fully saturated rings. The summed E-state index contributed by atoms with van der Waals surface area (Å²) in [4.78, 5) is 4.37. The lowest BCUT2D eigenvalue weighted by Gasteiger charge is -2.21. The van der Waals surface area contributed by atoms with Crippen LogP contribution in [0.3, 0.4) is 0 Å². The third-order valence-electron chi connectivity index (χ3n) is 2.54. The van der Waals surface area contributed by atoms with E-state index in [4.69, 9.17) is 4.74 Å². The van der Waals surface area contributed by atoms with Crippen molar-refractivity contribution in [1.29, 1.82) is 0 Å². The van der Waals surface area contributed by atoms with E-state index in [0.29, 0.717) is 5.66 Å². The first-order valence-corrected chi connectivity index (χ1v) is 5.24. The van der Waals surface area contributed by atoms with Gasteiger partial charge in [-0.1, -0.05) is 0 Å². The van der Waals surface area contributed by atoms with Crippen molar-refractivity contribution in [2.24, 2.45) is 0 Å². The lowest BCUT2D eigenvalue weighted by Crippen LogP contribution is -2.15. The van der Waals surface area contributed by atoms with Crippen LogP contribution in [-0.2, 0) is 12.8 Å². The predicted octanol–water partition coefficient (Wildman–Crippen LogP) is 1.82. The van der Waals surface area contributed by atoms with Gasteiger partial charge in [-0.15, -0.1) is 9.24 Å². The molecule has 0 aliphatic heterocycles. The summed E-state index contributed by atoms with van der Waals surface area (Å²) in [5, 5.41) is 0. The quantitative estimate of drug-likeness (QED) is 0.638. The van der Waals surface area contributed by atoms with Crippen molar-refractivity contribution in [3.8, 4) is 5.75 Å². The average Bonchev–Trinajstić information content (AvgIpc) is 2.17. The molecule has 0 saturated carbocycles. The van der Waals surface area contributed by atoms with E-state index in [1.165, 1.54) is 17.7 Å². The molecule has 13 heavy (non-hydrogen) atoms. The molecule has 0 bridgehead atoms. The summed E-state index contributed by atoms with van der Waals surface area (Å²) in [5.41, 5.74) is 3.21. The van der Waals surface area contributed by atoms with Gasteiger partial charge in [-0.05, 0) is 31.0 Å². The highest BCUT2D eigenvalue weighted by Crippen LogP contribution is 2.30. The summed E-state index contributed by atoms with van der Waals surface area (Å²) in [6, 6.07) is 1.95. The Labute approximate surface area is 80.9 Å². The molecule has 1 aliphatic carbocycles. The molecule has 1 aliphatic rings. The molecule has 70 valence electrons. The Balaban J connectivity index is 2.41. The minimum atomic E-state index is 0.686. The highest BCUT2D eigenvalue weighted by molar-refractivity contribution is 7.17. The fourth-order valence-electron chi connectivity index (χ4n) is 1.83. The van der Waals surface area contributed by atoms with E-state index >= 15 is 0 Å². The molecular weight excluding hydrogens is 181 g/mol. The summed E-state index contributed by atoms with van der Waals surface area (Å²) < 4.78 is 5.31. The number of hydrogen-bond acceptors (Lipinski definition) is 2. The summed E-state index contributed by atoms with van der Waals surface area (Å²) in [5.74, 6) is 0.997. The van der Waals surface area contributed by atoms with Crippen molar-refractivity contribution in [3.05, 3.63) is 23.5 Å². The molecule has 2 rings (SSSR count). The van der Waals surface area contributed by atoms with Gasteiger partial charge in [-0.25, -0.2) is 0 Å². The fourth-order valence-corrected chi connectivity index (χ4v) is 2.23. The average molecular weight is 195 g/mol. The Morgan fingerprint density at radius 3 is 3.23 bits per heavy atom. The van der Waals surface area contributed by atoms with Crippen LogP contribution >= 0.6 is 9.24 Å². The maximum absolute atomic E-state index is 5.31. The van der Waals surface area contributed by atoms with Gasteiger partial charge in [0.05, 0.1) is 7.11 Å². The first kappa shape index (κ1) is 8.96. The molecule has 0 saturated heterocycles.